The summed E-state index contributed by atoms with van der Waals surface area (Å²) in [6, 6.07) is 11.6. The van der Waals surface area contributed by atoms with Crippen LogP contribution in [-0.2, 0) is 11.3 Å². The summed E-state index contributed by atoms with van der Waals surface area (Å²) in [4.78, 5) is 36.7. The molecule has 0 radical (unpaired) electrons. The van der Waals surface area contributed by atoms with Crippen molar-refractivity contribution in [3.8, 4) is 5.75 Å². The molecule has 4 amide bonds. The zero-order chi connectivity index (χ0) is 19.4. The Hall–Kier alpha value is -3.49. The summed E-state index contributed by atoms with van der Waals surface area (Å²) >= 11 is 0. The van der Waals surface area contributed by atoms with Crippen molar-refractivity contribution in [3.63, 3.8) is 0 Å². The number of hydrogen-bond acceptors (Lipinski definition) is 4. The third-order valence-electron chi connectivity index (χ3n) is 3.78. The highest BCUT2D eigenvalue weighted by molar-refractivity contribution is 6.04. The Morgan fingerprint density at radius 1 is 1.19 bits per heavy atom. The van der Waals surface area contributed by atoms with Crippen LogP contribution >= 0.6 is 0 Å². The first-order valence-corrected chi connectivity index (χ1v) is 7.96. The average Bonchev–Trinajstić information content (AvgIpc) is 2.94. The Bertz CT molecular complexity index is 872. The molecule has 1 aliphatic heterocycles. The number of nitrogens with one attached hydrogen (secondary N) is 2. The van der Waals surface area contributed by atoms with Gasteiger partial charge in [-0.15, -0.1) is 0 Å². The van der Waals surface area contributed by atoms with Gasteiger partial charge in [0.25, 0.3) is 5.91 Å². The SMILES string of the molecule is O=C(Nc1cccc(CN2C(=O)CNC2=O)c1)c1cccc(OC(F)F)c1. The maximum Gasteiger partial charge on any atom is 0.387 e. The maximum absolute atomic E-state index is 12.3. The maximum atomic E-state index is 12.3. The molecule has 140 valence electrons. The Balaban J connectivity index is 1.70. The van der Waals surface area contributed by atoms with Crippen molar-refractivity contribution in [2.75, 3.05) is 11.9 Å². The van der Waals surface area contributed by atoms with Crippen LogP contribution in [0.3, 0.4) is 0 Å². The molecule has 9 heteroatoms. The Morgan fingerprint density at radius 2 is 1.96 bits per heavy atom. The van der Waals surface area contributed by atoms with E-state index >= 15 is 0 Å². The predicted molar refractivity (Wildman–Crippen MR) is 91.4 cm³/mol. The van der Waals surface area contributed by atoms with Crippen molar-refractivity contribution in [1.29, 1.82) is 0 Å². The molecule has 0 aromatic heterocycles. The van der Waals surface area contributed by atoms with Crippen LogP contribution in [0.4, 0.5) is 19.3 Å². The van der Waals surface area contributed by atoms with Gasteiger partial charge in [-0.05, 0) is 35.9 Å². The standard InChI is InChI=1S/C18H15F2N3O4/c19-17(20)27-14-6-2-4-12(8-14)16(25)22-13-5-1-3-11(7-13)10-23-15(24)9-21-18(23)26/h1-8,17H,9-10H2,(H,21,26)(H,22,25). The normalized spacial score (nSPS) is 13.7. The summed E-state index contributed by atoms with van der Waals surface area (Å²) in [6.07, 6.45) is 0. The molecule has 1 aliphatic rings. The molecule has 1 heterocycles. The largest absolute Gasteiger partial charge is 0.435 e. The van der Waals surface area contributed by atoms with E-state index in [1.165, 1.54) is 24.3 Å². The second-order valence-corrected chi connectivity index (χ2v) is 5.70. The number of amides is 4. The summed E-state index contributed by atoms with van der Waals surface area (Å²) in [5.74, 6) is -0.961. The highest BCUT2D eigenvalue weighted by Crippen LogP contribution is 2.19. The molecule has 3 rings (SSSR count). The first-order chi connectivity index (χ1) is 12.9. The molecule has 0 spiro atoms. The van der Waals surface area contributed by atoms with Crippen LogP contribution in [0.15, 0.2) is 48.5 Å². The second-order valence-electron chi connectivity index (χ2n) is 5.70. The van der Waals surface area contributed by atoms with E-state index in [2.05, 4.69) is 15.4 Å². The molecule has 2 aromatic rings. The summed E-state index contributed by atoms with van der Waals surface area (Å²) in [6.45, 7) is -2.94. The Kier molecular flexibility index (Phi) is 5.30. The van der Waals surface area contributed by atoms with E-state index in [1.807, 2.05) is 0 Å². The van der Waals surface area contributed by atoms with E-state index in [-0.39, 0.29) is 30.3 Å². The molecule has 2 N–H and O–H groups in total. The van der Waals surface area contributed by atoms with Crippen LogP contribution in [0.5, 0.6) is 5.75 Å². The first-order valence-electron chi connectivity index (χ1n) is 7.96. The van der Waals surface area contributed by atoms with E-state index in [9.17, 15) is 23.2 Å². The lowest BCUT2D eigenvalue weighted by Gasteiger charge is -2.13. The smallest absolute Gasteiger partial charge is 0.387 e. The van der Waals surface area contributed by atoms with Gasteiger partial charge in [-0.3, -0.25) is 14.5 Å². The highest BCUT2D eigenvalue weighted by Gasteiger charge is 2.28. The highest BCUT2D eigenvalue weighted by atomic mass is 19.3. The number of halogens is 2. The number of alkyl halides is 2. The third-order valence-corrected chi connectivity index (χ3v) is 3.78. The number of rotatable bonds is 6. The molecule has 0 aliphatic carbocycles. The second kappa shape index (κ2) is 7.81. The summed E-state index contributed by atoms with van der Waals surface area (Å²) < 4.78 is 28.9. The fourth-order valence-electron chi connectivity index (χ4n) is 2.56. The van der Waals surface area contributed by atoms with Gasteiger partial charge in [-0.25, -0.2) is 4.79 Å². The van der Waals surface area contributed by atoms with Crippen LogP contribution < -0.4 is 15.4 Å². The molecule has 0 saturated carbocycles. The Morgan fingerprint density at radius 3 is 2.67 bits per heavy atom. The number of ether oxygens (including phenoxy) is 1. The van der Waals surface area contributed by atoms with Crippen molar-refractivity contribution in [3.05, 3.63) is 59.7 Å². The molecule has 1 saturated heterocycles. The minimum atomic E-state index is -2.98. The lowest BCUT2D eigenvalue weighted by molar-refractivity contribution is -0.125. The lowest BCUT2D eigenvalue weighted by Crippen LogP contribution is -2.30. The van der Waals surface area contributed by atoms with E-state index in [0.29, 0.717) is 11.3 Å². The summed E-state index contributed by atoms with van der Waals surface area (Å²) in [5, 5.41) is 5.07. The van der Waals surface area contributed by atoms with Crippen molar-refractivity contribution >= 4 is 23.5 Å². The van der Waals surface area contributed by atoms with Gasteiger partial charge >= 0.3 is 12.6 Å². The molecular weight excluding hydrogens is 360 g/mol. The van der Waals surface area contributed by atoms with Crippen molar-refractivity contribution in [1.82, 2.24) is 10.2 Å². The van der Waals surface area contributed by atoms with Crippen LogP contribution in [0.25, 0.3) is 0 Å². The van der Waals surface area contributed by atoms with Gasteiger partial charge in [-0.1, -0.05) is 18.2 Å². The minimum Gasteiger partial charge on any atom is -0.435 e. The number of anilines is 1. The number of imide groups is 1. The number of benzene rings is 2. The van der Waals surface area contributed by atoms with Crippen LogP contribution in [0.1, 0.15) is 15.9 Å². The molecule has 7 nitrogen and oxygen atoms in total. The number of carbonyl (C=O) groups excluding carboxylic acids is 3. The lowest BCUT2D eigenvalue weighted by atomic mass is 10.1. The summed E-state index contributed by atoms with van der Waals surface area (Å²) in [7, 11) is 0. The fourth-order valence-corrected chi connectivity index (χ4v) is 2.56. The Labute approximate surface area is 152 Å². The molecule has 0 atom stereocenters. The first kappa shape index (κ1) is 18.3. The molecule has 27 heavy (non-hydrogen) atoms. The quantitative estimate of drug-likeness (QED) is 0.760. The molecule has 2 aromatic carbocycles. The van der Waals surface area contributed by atoms with Crippen molar-refractivity contribution < 1.29 is 27.9 Å². The molecular formula is C18H15F2N3O4. The van der Waals surface area contributed by atoms with Gasteiger partial charge in [0.1, 0.15) is 5.75 Å². The minimum absolute atomic E-state index is 0.0354. The van der Waals surface area contributed by atoms with Gasteiger partial charge < -0.3 is 15.4 Å². The van der Waals surface area contributed by atoms with Crippen molar-refractivity contribution in [2.45, 2.75) is 13.2 Å². The van der Waals surface area contributed by atoms with Gasteiger partial charge in [0, 0.05) is 11.3 Å². The topological polar surface area (TPSA) is 87.7 Å². The average molecular weight is 375 g/mol. The van der Waals surface area contributed by atoms with Crippen molar-refractivity contribution in [2.24, 2.45) is 0 Å². The van der Waals surface area contributed by atoms with E-state index < -0.39 is 18.5 Å². The summed E-state index contributed by atoms with van der Waals surface area (Å²) in [5.41, 5.74) is 1.23. The van der Waals surface area contributed by atoms with E-state index in [4.69, 9.17) is 0 Å². The van der Waals surface area contributed by atoms with E-state index in [1.54, 1.807) is 24.3 Å². The number of hydrogen-bond donors (Lipinski definition) is 2. The van der Waals surface area contributed by atoms with Crippen LogP contribution in [-0.4, -0.2) is 35.9 Å². The monoisotopic (exact) mass is 375 g/mol. The zero-order valence-electron chi connectivity index (χ0n) is 13.9. The van der Waals surface area contributed by atoms with E-state index in [0.717, 1.165) is 4.90 Å². The number of urea groups is 1. The van der Waals surface area contributed by atoms with Gasteiger partial charge in [0.15, 0.2) is 0 Å². The fraction of sp³-hybridized carbons (Fsp3) is 0.167. The zero-order valence-corrected chi connectivity index (χ0v) is 13.9. The van der Waals surface area contributed by atoms with Crippen LogP contribution in [0.2, 0.25) is 0 Å². The van der Waals surface area contributed by atoms with Gasteiger partial charge in [0.05, 0.1) is 13.1 Å². The number of carbonyl (C=O) groups is 3. The molecule has 1 fully saturated rings. The third kappa shape index (κ3) is 4.57. The molecule has 0 unspecified atom stereocenters. The van der Waals surface area contributed by atoms with Gasteiger partial charge in [-0.2, -0.15) is 8.78 Å². The van der Waals surface area contributed by atoms with Crippen LogP contribution in [0, 0.1) is 0 Å². The van der Waals surface area contributed by atoms with Gasteiger partial charge in [0.2, 0.25) is 5.91 Å². The molecule has 0 bridgehead atoms. The predicted octanol–water partition coefficient (Wildman–Crippen LogP) is 2.59. The number of nitrogens with zero attached hydrogens (tertiary/aromatic N) is 1.